The second-order valence-electron chi connectivity index (χ2n) is 10.9. The number of hydrogen-bond acceptors (Lipinski definition) is 5. The summed E-state index contributed by atoms with van der Waals surface area (Å²) in [6.45, 7) is 12.9. The molecule has 0 aromatic heterocycles. The van der Waals surface area contributed by atoms with Gasteiger partial charge in [0.05, 0.1) is 15.5 Å². The maximum absolute atomic E-state index is 15.2. The lowest BCUT2D eigenvalue weighted by Gasteiger charge is -2.41. The molecule has 1 aliphatic heterocycles. The Hall–Kier alpha value is -2.18. The predicted molar refractivity (Wildman–Crippen MR) is 136 cm³/mol. The zero-order chi connectivity index (χ0) is 28.0. The van der Waals surface area contributed by atoms with Gasteiger partial charge in [-0.25, -0.2) is 17.8 Å². The van der Waals surface area contributed by atoms with Crippen LogP contribution in [0.3, 0.4) is 0 Å². The molecule has 0 radical (unpaired) electrons. The lowest BCUT2D eigenvalue weighted by atomic mass is 9.92. The standard InChI is InChI=1S/C24H36FN3O3SSi/c1-22(2,3)31-21(29)27-20-23(4,5)32(30,26-7)16-24(6,28-20)18-15-17(11-12-19(18)25)13-14-33(8,9)10/h11-12,15H,16H2,1-10H3,(H,27,28,29)/t24-,32+/m0/s1/i7D3. The Balaban J connectivity index is 2.79. The summed E-state index contributed by atoms with van der Waals surface area (Å²) < 4.78 is 60.0. The molecule has 1 aromatic carbocycles. The summed E-state index contributed by atoms with van der Waals surface area (Å²) in [5.41, 5.74) is 1.52. The van der Waals surface area contributed by atoms with Crippen molar-refractivity contribution < 1.29 is 22.2 Å². The maximum atomic E-state index is 15.2. The Labute approximate surface area is 203 Å². The van der Waals surface area contributed by atoms with Gasteiger partial charge in [0.25, 0.3) is 0 Å². The molecule has 1 N–H and O–H groups in total. The molecule has 1 aromatic rings. The molecule has 33 heavy (non-hydrogen) atoms. The van der Waals surface area contributed by atoms with Crippen molar-refractivity contribution in [2.45, 2.75) is 77.1 Å². The van der Waals surface area contributed by atoms with Crippen molar-refractivity contribution in [1.29, 1.82) is 0 Å². The molecule has 0 fully saturated rings. The van der Waals surface area contributed by atoms with Gasteiger partial charge in [0.15, 0.2) is 0 Å². The van der Waals surface area contributed by atoms with E-state index in [0.29, 0.717) is 5.56 Å². The molecule has 0 saturated carbocycles. The molecule has 1 amide bonds. The van der Waals surface area contributed by atoms with E-state index in [1.165, 1.54) is 26.0 Å². The first kappa shape index (κ1) is 22.6. The van der Waals surface area contributed by atoms with Crippen molar-refractivity contribution in [1.82, 2.24) is 5.32 Å². The molecule has 1 heterocycles. The maximum Gasteiger partial charge on any atom is 0.413 e. The highest BCUT2D eigenvalue weighted by Crippen LogP contribution is 2.39. The van der Waals surface area contributed by atoms with E-state index < -0.39 is 52.6 Å². The third-order valence-electron chi connectivity index (χ3n) is 5.10. The van der Waals surface area contributed by atoms with Crippen LogP contribution >= 0.6 is 0 Å². The van der Waals surface area contributed by atoms with Crippen molar-refractivity contribution >= 4 is 29.7 Å². The first-order valence-corrected chi connectivity index (χ1v) is 15.8. The van der Waals surface area contributed by atoms with E-state index in [2.05, 4.69) is 45.8 Å². The van der Waals surface area contributed by atoms with Gasteiger partial charge in [0, 0.05) is 22.2 Å². The Morgan fingerprint density at radius 2 is 1.97 bits per heavy atom. The Morgan fingerprint density at radius 1 is 1.33 bits per heavy atom. The molecule has 1 aliphatic rings. The molecule has 0 aliphatic carbocycles. The minimum absolute atomic E-state index is 0.0809. The van der Waals surface area contributed by atoms with Gasteiger partial charge in [-0.15, -0.1) is 5.54 Å². The molecule has 2 rings (SSSR count). The van der Waals surface area contributed by atoms with Crippen LogP contribution in [0, 0.1) is 17.3 Å². The largest absolute Gasteiger partial charge is 0.444 e. The van der Waals surface area contributed by atoms with E-state index in [-0.39, 0.29) is 17.2 Å². The van der Waals surface area contributed by atoms with E-state index >= 15 is 4.39 Å². The van der Waals surface area contributed by atoms with Crippen molar-refractivity contribution in [3.8, 4) is 11.5 Å². The second kappa shape index (κ2) is 8.88. The van der Waals surface area contributed by atoms with Gasteiger partial charge < -0.3 is 4.74 Å². The second-order valence-corrected chi connectivity index (χ2v) is 18.5. The number of halogens is 1. The zero-order valence-electron chi connectivity index (χ0n) is 23.8. The number of carbonyl (C=O) groups excluding carboxylic acids is 1. The quantitative estimate of drug-likeness (QED) is 0.435. The Morgan fingerprint density at radius 3 is 2.52 bits per heavy atom. The first-order valence-electron chi connectivity index (χ1n) is 12.2. The summed E-state index contributed by atoms with van der Waals surface area (Å²) >= 11 is 0. The van der Waals surface area contributed by atoms with Crippen LogP contribution in [0.5, 0.6) is 0 Å². The van der Waals surface area contributed by atoms with Gasteiger partial charge in [0.1, 0.15) is 35.6 Å². The van der Waals surface area contributed by atoms with Crippen LogP contribution in [-0.2, 0) is 20.0 Å². The minimum atomic E-state index is -3.62. The van der Waals surface area contributed by atoms with Crippen LogP contribution in [0.2, 0.25) is 19.6 Å². The number of rotatable bonds is 1. The van der Waals surface area contributed by atoms with Crippen LogP contribution in [0.25, 0.3) is 0 Å². The third kappa shape index (κ3) is 6.24. The van der Waals surface area contributed by atoms with Gasteiger partial charge in [-0.2, -0.15) is 0 Å². The highest BCUT2D eigenvalue weighted by Gasteiger charge is 2.49. The molecule has 6 nitrogen and oxygen atoms in total. The minimum Gasteiger partial charge on any atom is -0.444 e. The molecule has 0 bridgehead atoms. The third-order valence-corrected chi connectivity index (χ3v) is 9.01. The fourth-order valence-corrected chi connectivity index (χ4v) is 5.82. The van der Waals surface area contributed by atoms with Crippen molar-refractivity contribution in [2.75, 3.05) is 12.7 Å². The fraction of sp³-hybridized carbons (Fsp3) is 0.583. The van der Waals surface area contributed by atoms with Crippen molar-refractivity contribution in [3.05, 3.63) is 35.1 Å². The molecule has 9 heteroatoms. The summed E-state index contributed by atoms with van der Waals surface area (Å²) in [5, 5.41) is 2.53. The molecule has 0 unspecified atom stereocenters. The van der Waals surface area contributed by atoms with Crippen LogP contribution in [0.1, 0.15) is 56.8 Å². The van der Waals surface area contributed by atoms with E-state index in [1.807, 2.05) is 0 Å². The van der Waals surface area contributed by atoms with Gasteiger partial charge >= 0.3 is 6.09 Å². The summed E-state index contributed by atoms with van der Waals surface area (Å²) in [7, 11) is -5.33. The number of carbonyl (C=O) groups is 1. The Bertz CT molecular complexity index is 1260. The van der Waals surface area contributed by atoms with Gasteiger partial charge in [0.2, 0.25) is 0 Å². The molecule has 0 spiro atoms. The lowest BCUT2D eigenvalue weighted by Crippen LogP contribution is -2.57. The average molecular weight is 497 g/mol. The van der Waals surface area contributed by atoms with Crippen LogP contribution < -0.4 is 5.32 Å². The number of amides is 1. The smallest absolute Gasteiger partial charge is 0.413 e. The summed E-state index contributed by atoms with van der Waals surface area (Å²) in [5.74, 6) is 1.99. The number of aliphatic imine (C=N–C) groups is 1. The number of amidine groups is 1. The number of ether oxygens (including phenoxy) is 1. The number of alkyl carbamates (subject to hydrolysis) is 1. The molecular formula is C24H36FN3O3SSi. The van der Waals surface area contributed by atoms with Crippen LogP contribution in [-0.4, -0.2) is 47.3 Å². The van der Waals surface area contributed by atoms with Gasteiger partial charge in [-0.1, -0.05) is 25.6 Å². The highest BCUT2D eigenvalue weighted by molar-refractivity contribution is 7.95. The summed E-state index contributed by atoms with van der Waals surface area (Å²) in [6, 6.07) is 4.34. The molecule has 0 saturated heterocycles. The molecule has 2 atom stereocenters. The molecular weight excluding hydrogens is 457 g/mol. The topological polar surface area (TPSA) is 80.1 Å². The number of benzene rings is 1. The fourth-order valence-electron chi connectivity index (χ4n) is 3.26. The number of nitrogens with zero attached hydrogens (tertiary/aromatic N) is 2. The van der Waals surface area contributed by atoms with Crippen molar-refractivity contribution in [2.24, 2.45) is 9.36 Å². The zero-order valence-corrected chi connectivity index (χ0v) is 22.7. The first-order chi connectivity index (χ1) is 16.0. The van der Waals surface area contributed by atoms with Crippen LogP contribution in [0.4, 0.5) is 9.18 Å². The van der Waals surface area contributed by atoms with Crippen LogP contribution in [0.15, 0.2) is 27.6 Å². The summed E-state index contributed by atoms with van der Waals surface area (Å²) in [6.07, 6.45) is -0.857. The number of nitrogens with one attached hydrogen (secondary N) is 1. The highest BCUT2D eigenvalue weighted by atomic mass is 32.2. The van der Waals surface area contributed by atoms with E-state index in [1.54, 1.807) is 33.8 Å². The monoisotopic (exact) mass is 496 g/mol. The van der Waals surface area contributed by atoms with Gasteiger partial charge in [-0.05, 0) is 59.7 Å². The van der Waals surface area contributed by atoms with E-state index in [9.17, 15) is 9.00 Å². The lowest BCUT2D eigenvalue weighted by molar-refractivity contribution is 0.0560. The van der Waals surface area contributed by atoms with E-state index in [4.69, 9.17) is 8.85 Å². The molecule has 182 valence electrons. The predicted octanol–water partition coefficient (Wildman–Crippen LogP) is 5.08. The average Bonchev–Trinajstić information content (AvgIpc) is 2.61. The van der Waals surface area contributed by atoms with Crippen molar-refractivity contribution in [3.63, 3.8) is 0 Å². The normalized spacial score (nSPS) is 26.5. The Kier molecular flexibility index (Phi) is 6.08. The SMILES string of the molecule is [2H]C([2H])([2H])N=[S@@]1(=O)C[C@@](C)(c2cc(C#C[Si](C)(C)C)ccc2F)N=C(NC(=O)OC(C)(C)C)C1(C)C. The van der Waals surface area contributed by atoms with Gasteiger partial charge in [-0.3, -0.25) is 10.3 Å². The number of hydrogen-bond donors (Lipinski definition) is 1. The summed E-state index contributed by atoms with van der Waals surface area (Å²) in [4.78, 5) is 17.3. The van der Waals surface area contributed by atoms with E-state index in [0.717, 1.165) is 0 Å².